The lowest BCUT2D eigenvalue weighted by atomic mass is 10.0. The second kappa shape index (κ2) is 6.61. The van der Waals surface area contributed by atoms with Crippen molar-refractivity contribution in [2.24, 2.45) is 0 Å². The Morgan fingerprint density at radius 2 is 1.81 bits per heavy atom. The van der Waals surface area contributed by atoms with E-state index in [-0.39, 0.29) is 5.91 Å². The summed E-state index contributed by atoms with van der Waals surface area (Å²) >= 11 is 0. The molecule has 134 valence electrons. The number of hydrogen-bond acceptors (Lipinski definition) is 3. The van der Waals surface area contributed by atoms with E-state index in [0.717, 1.165) is 54.1 Å². The Bertz CT molecular complexity index is 865. The number of hydrogen-bond donors (Lipinski definition) is 1. The van der Waals surface area contributed by atoms with Crippen molar-refractivity contribution in [2.45, 2.75) is 25.8 Å². The quantitative estimate of drug-likeness (QED) is 0.846. The Labute approximate surface area is 155 Å². The van der Waals surface area contributed by atoms with E-state index in [0.29, 0.717) is 11.6 Å². The van der Waals surface area contributed by atoms with Gasteiger partial charge < -0.3 is 10.2 Å². The number of fused-ring (bicyclic) bond motifs is 1. The first-order valence-corrected chi connectivity index (χ1v) is 9.23. The predicted octanol–water partition coefficient (Wildman–Crippen LogP) is 4.19. The lowest BCUT2D eigenvalue weighted by Crippen LogP contribution is -2.36. The van der Waals surface area contributed by atoms with Gasteiger partial charge in [-0.05, 0) is 69.7 Å². The van der Waals surface area contributed by atoms with E-state index in [4.69, 9.17) is 0 Å². The van der Waals surface area contributed by atoms with Crippen molar-refractivity contribution in [3.63, 3.8) is 0 Å². The summed E-state index contributed by atoms with van der Waals surface area (Å²) in [6.07, 6.45) is 2.28. The molecule has 4 rings (SSSR count). The van der Waals surface area contributed by atoms with Crippen LogP contribution in [-0.4, -0.2) is 37.0 Å². The zero-order valence-corrected chi connectivity index (χ0v) is 15.5. The average molecular weight is 347 g/mol. The first-order valence-electron chi connectivity index (χ1n) is 9.23. The number of nitrogens with one attached hydrogen (secondary N) is 1. The number of amides is 1. The lowest BCUT2D eigenvalue weighted by molar-refractivity contribution is -0.112. The van der Waals surface area contributed by atoms with Crippen molar-refractivity contribution in [2.75, 3.05) is 30.4 Å². The van der Waals surface area contributed by atoms with E-state index >= 15 is 0 Å². The maximum Gasteiger partial charge on any atom is 0.262 e. The van der Waals surface area contributed by atoms with Gasteiger partial charge in [0, 0.05) is 22.9 Å². The van der Waals surface area contributed by atoms with Crippen molar-refractivity contribution in [3.05, 3.63) is 60.2 Å². The highest BCUT2D eigenvalue weighted by molar-refractivity contribution is 6.34. The predicted molar refractivity (Wildman–Crippen MR) is 108 cm³/mol. The molecule has 0 radical (unpaired) electrons. The van der Waals surface area contributed by atoms with Crippen LogP contribution < -0.4 is 10.2 Å². The van der Waals surface area contributed by atoms with Gasteiger partial charge in [0.05, 0.1) is 11.4 Å². The van der Waals surface area contributed by atoms with Crippen molar-refractivity contribution in [1.29, 1.82) is 0 Å². The first kappa shape index (κ1) is 16.9. The van der Waals surface area contributed by atoms with Gasteiger partial charge in [0.25, 0.3) is 5.91 Å². The molecule has 0 aromatic heterocycles. The summed E-state index contributed by atoms with van der Waals surface area (Å²) in [7, 11) is 2.17. The summed E-state index contributed by atoms with van der Waals surface area (Å²) in [6.45, 7) is 8.32. The largest absolute Gasteiger partial charge is 0.382 e. The number of rotatable bonds is 3. The van der Waals surface area contributed by atoms with Crippen LogP contribution in [0.4, 0.5) is 17.1 Å². The number of carbonyl (C=O) groups excluding carboxylic acids is 1. The topological polar surface area (TPSA) is 35.6 Å². The summed E-state index contributed by atoms with van der Waals surface area (Å²) < 4.78 is 0. The highest BCUT2D eigenvalue weighted by Gasteiger charge is 2.33. The molecule has 2 aliphatic heterocycles. The van der Waals surface area contributed by atoms with Gasteiger partial charge in [0.1, 0.15) is 0 Å². The van der Waals surface area contributed by atoms with E-state index in [2.05, 4.69) is 36.0 Å². The van der Waals surface area contributed by atoms with Gasteiger partial charge >= 0.3 is 0 Å². The fourth-order valence-corrected chi connectivity index (χ4v) is 3.86. The molecule has 1 fully saturated rings. The molecule has 1 amide bonds. The molecule has 1 N–H and O–H groups in total. The lowest BCUT2D eigenvalue weighted by Gasteiger charge is -2.30. The molecule has 0 saturated carbocycles. The zero-order chi connectivity index (χ0) is 18.3. The van der Waals surface area contributed by atoms with Crippen molar-refractivity contribution in [3.8, 4) is 0 Å². The molecule has 0 spiro atoms. The van der Waals surface area contributed by atoms with Gasteiger partial charge in [-0.3, -0.25) is 9.69 Å². The number of likely N-dealkylation sites (tertiary alicyclic amines) is 1. The van der Waals surface area contributed by atoms with E-state index in [9.17, 15) is 4.79 Å². The van der Waals surface area contributed by atoms with E-state index in [1.54, 1.807) is 4.90 Å². The monoisotopic (exact) mass is 347 g/mol. The standard InChI is InChI=1S/C22H25N3O/c1-15-6-4-5-7-20(15)25-21-9-8-18(14-19(21)16(2)22(25)26)23-17-10-12-24(3)13-11-17/h4-9,14,17,23H,2,10-13H2,1,3H3. The summed E-state index contributed by atoms with van der Waals surface area (Å²) in [4.78, 5) is 17.0. The normalized spacial score (nSPS) is 18.3. The molecular weight excluding hydrogens is 322 g/mol. The highest BCUT2D eigenvalue weighted by atomic mass is 16.2. The molecule has 2 aliphatic rings. The Balaban J connectivity index is 1.63. The van der Waals surface area contributed by atoms with E-state index < -0.39 is 0 Å². The number of nitrogens with zero attached hydrogens (tertiary/aromatic N) is 2. The minimum atomic E-state index is -0.0364. The van der Waals surface area contributed by atoms with Crippen molar-refractivity contribution < 1.29 is 4.79 Å². The molecule has 26 heavy (non-hydrogen) atoms. The molecule has 0 aliphatic carbocycles. The Kier molecular flexibility index (Phi) is 4.29. The molecule has 2 aromatic rings. The minimum Gasteiger partial charge on any atom is -0.382 e. The van der Waals surface area contributed by atoms with Gasteiger partial charge in [-0.15, -0.1) is 0 Å². The molecular formula is C22H25N3O. The third kappa shape index (κ3) is 2.90. The number of para-hydroxylation sites is 1. The molecule has 0 atom stereocenters. The van der Waals surface area contributed by atoms with Gasteiger partial charge in [-0.2, -0.15) is 0 Å². The zero-order valence-electron chi connectivity index (χ0n) is 15.5. The average Bonchev–Trinajstić information content (AvgIpc) is 2.89. The summed E-state index contributed by atoms with van der Waals surface area (Å²) in [5.74, 6) is -0.0364. The minimum absolute atomic E-state index is 0.0364. The van der Waals surface area contributed by atoms with Crippen LogP contribution in [0.5, 0.6) is 0 Å². The van der Waals surface area contributed by atoms with Crippen LogP contribution in [0.25, 0.3) is 5.57 Å². The summed E-state index contributed by atoms with van der Waals surface area (Å²) in [6, 6.07) is 14.6. The van der Waals surface area contributed by atoms with Crippen LogP contribution in [0.3, 0.4) is 0 Å². The van der Waals surface area contributed by atoms with Crippen LogP contribution in [0.1, 0.15) is 24.0 Å². The molecule has 2 heterocycles. The molecule has 4 heteroatoms. The molecule has 0 unspecified atom stereocenters. The maximum atomic E-state index is 12.9. The third-order valence-electron chi connectivity index (χ3n) is 5.47. The second-order valence-electron chi connectivity index (χ2n) is 7.36. The Morgan fingerprint density at radius 1 is 1.08 bits per heavy atom. The fraction of sp³-hybridized carbons (Fsp3) is 0.318. The van der Waals surface area contributed by atoms with Gasteiger partial charge in [0.15, 0.2) is 0 Å². The Morgan fingerprint density at radius 3 is 2.54 bits per heavy atom. The number of anilines is 3. The molecule has 2 aromatic carbocycles. The number of carbonyl (C=O) groups is 1. The van der Waals surface area contributed by atoms with Crippen molar-refractivity contribution >= 4 is 28.5 Å². The first-order chi connectivity index (χ1) is 12.5. The van der Waals surface area contributed by atoms with Gasteiger partial charge in [-0.1, -0.05) is 24.8 Å². The highest BCUT2D eigenvalue weighted by Crippen LogP contribution is 2.43. The summed E-state index contributed by atoms with van der Waals surface area (Å²) in [5.41, 5.74) is 5.48. The van der Waals surface area contributed by atoms with Gasteiger partial charge in [-0.25, -0.2) is 0 Å². The number of piperidine rings is 1. The molecule has 4 nitrogen and oxygen atoms in total. The second-order valence-corrected chi connectivity index (χ2v) is 7.36. The van der Waals surface area contributed by atoms with Crippen LogP contribution in [0.2, 0.25) is 0 Å². The summed E-state index contributed by atoms with van der Waals surface area (Å²) in [5, 5.41) is 3.63. The van der Waals surface area contributed by atoms with E-state index in [1.165, 1.54) is 0 Å². The van der Waals surface area contributed by atoms with Crippen LogP contribution >= 0.6 is 0 Å². The number of benzene rings is 2. The maximum absolute atomic E-state index is 12.9. The van der Waals surface area contributed by atoms with Crippen LogP contribution in [0, 0.1) is 6.92 Å². The van der Waals surface area contributed by atoms with Crippen molar-refractivity contribution in [1.82, 2.24) is 4.90 Å². The van der Waals surface area contributed by atoms with Crippen LogP contribution in [0.15, 0.2) is 49.0 Å². The molecule has 1 saturated heterocycles. The fourth-order valence-electron chi connectivity index (χ4n) is 3.86. The van der Waals surface area contributed by atoms with Crippen LogP contribution in [-0.2, 0) is 4.79 Å². The van der Waals surface area contributed by atoms with E-state index in [1.807, 2.05) is 37.3 Å². The molecule has 0 bridgehead atoms. The number of aryl methyl sites for hydroxylation is 1. The smallest absolute Gasteiger partial charge is 0.262 e. The Hall–Kier alpha value is -2.59. The third-order valence-corrected chi connectivity index (χ3v) is 5.47. The SMILES string of the molecule is C=C1C(=O)N(c2ccccc2C)c2ccc(NC3CCN(C)CC3)cc21. The van der Waals surface area contributed by atoms with Gasteiger partial charge in [0.2, 0.25) is 0 Å².